The summed E-state index contributed by atoms with van der Waals surface area (Å²) in [7, 11) is 3.97. The zero-order chi connectivity index (χ0) is 20.1. The zero-order valence-corrected chi connectivity index (χ0v) is 18.4. The number of likely N-dealkylation sites (tertiary alicyclic amines) is 1. The van der Waals surface area contributed by atoms with Crippen molar-refractivity contribution in [3.05, 3.63) is 47.4 Å². The third-order valence-corrected chi connectivity index (χ3v) is 6.93. The van der Waals surface area contributed by atoms with E-state index < -0.39 is 0 Å². The summed E-state index contributed by atoms with van der Waals surface area (Å²) in [5.74, 6) is 0. The highest BCUT2D eigenvalue weighted by Gasteiger charge is 2.19. The van der Waals surface area contributed by atoms with E-state index in [1.54, 1.807) is 29.8 Å². The van der Waals surface area contributed by atoms with Crippen LogP contribution in [-0.4, -0.2) is 48.2 Å². The van der Waals surface area contributed by atoms with Crippen molar-refractivity contribution in [1.29, 1.82) is 0 Å². The number of pyridine rings is 1. The van der Waals surface area contributed by atoms with Crippen LogP contribution in [0.15, 0.2) is 47.4 Å². The topological polar surface area (TPSA) is 50.3 Å². The molecule has 4 heterocycles. The Kier molecular flexibility index (Phi) is 6.71. The fourth-order valence-electron chi connectivity index (χ4n) is 3.67. The van der Waals surface area contributed by atoms with E-state index in [2.05, 4.69) is 56.9 Å². The number of fused-ring (bicyclic) bond motifs is 2. The molecule has 0 amide bonds. The van der Waals surface area contributed by atoms with Crippen molar-refractivity contribution in [3.63, 3.8) is 0 Å². The van der Waals surface area contributed by atoms with Crippen molar-refractivity contribution in [3.8, 4) is 0 Å². The summed E-state index contributed by atoms with van der Waals surface area (Å²) in [6.45, 7) is 2.18. The van der Waals surface area contributed by atoms with Gasteiger partial charge in [-0.05, 0) is 68.6 Å². The lowest BCUT2D eigenvalue weighted by Gasteiger charge is -2.18. The molecule has 1 saturated heterocycles. The van der Waals surface area contributed by atoms with Crippen LogP contribution in [0.5, 0.6) is 0 Å². The van der Waals surface area contributed by atoms with Gasteiger partial charge in [-0.25, -0.2) is 9.97 Å². The molecule has 1 unspecified atom stereocenters. The maximum Gasteiger partial charge on any atom is 0.125 e. The fraction of sp³-hybridized carbons (Fsp3) is 0.364. The molecule has 0 saturated carbocycles. The minimum absolute atomic E-state index is 0.792. The number of hydrogen-bond acceptors (Lipinski definition) is 7. The number of thiophene rings is 1. The van der Waals surface area contributed by atoms with E-state index in [-0.39, 0.29) is 0 Å². The molecule has 1 N–H and O–H groups in total. The summed E-state index contributed by atoms with van der Waals surface area (Å²) < 4.78 is 6.23. The van der Waals surface area contributed by atoms with E-state index in [0.29, 0.717) is 0 Å². The first-order valence-corrected chi connectivity index (χ1v) is 11.6. The predicted molar refractivity (Wildman–Crippen MR) is 125 cm³/mol. The lowest BCUT2D eigenvalue weighted by Crippen LogP contribution is -2.25. The van der Waals surface area contributed by atoms with Gasteiger partial charge in [-0.2, -0.15) is 0 Å². The third kappa shape index (κ3) is 4.93. The average molecular weight is 427 g/mol. The van der Waals surface area contributed by atoms with Crippen molar-refractivity contribution in [2.24, 2.45) is 0 Å². The second-order valence-electron chi connectivity index (χ2n) is 7.22. The van der Waals surface area contributed by atoms with Gasteiger partial charge < -0.3 is 15.0 Å². The summed E-state index contributed by atoms with van der Waals surface area (Å²) in [4.78, 5) is 12.2. The number of benzene rings is 1. The molecule has 4 aromatic rings. The SMILES string of the molecule is COCCC1CCCN1C.c1cc(Nc2ccc3scnc3c2)c2ccsc2n1. The summed E-state index contributed by atoms with van der Waals surface area (Å²) in [6.07, 6.45) is 5.76. The molecule has 1 fully saturated rings. The van der Waals surface area contributed by atoms with Crippen LogP contribution in [0.25, 0.3) is 20.4 Å². The Hall–Kier alpha value is -2.06. The van der Waals surface area contributed by atoms with Crippen molar-refractivity contribution < 1.29 is 4.74 Å². The second-order valence-corrected chi connectivity index (χ2v) is 9.00. The lowest BCUT2D eigenvalue weighted by molar-refractivity contribution is 0.163. The van der Waals surface area contributed by atoms with Crippen LogP contribution in [0.4, 0.5) is 11.4 Å². The molecule has 1 aliphatic rings. The molecule has 3 aromatic heterocycles. The van der Waals surface area contributed by atoms with Crippen LogP contribution in [0.3, 0.4) is 0 Å². The number of thiazole rings is 1. The highest BCUT2D eigenvalue weighted by atomic mass is 32.1. The minimum Gasteiger partial charge on any atom is -0.385 e. The Balaban J connectivity index is 0.000000174. The van der Waals surface area contributed by atoms with Crippen LogP contribution in [-0.2, 0) is 4.74 Å². The van der Waals surface area contributed by atoms with Gasteiger partial charge in [-0.3, -0.25) is 0 Å². The number of rotatable bonds is 5. The largest absolute Gasteiger partial charge is 0.385 e. The van der Waals surface area contributed by atoms with Gasteiger partial charge in [0.1, 0.15) is 4.83 Å². The van der Waals surface area contributed by atoms with Gasteiger partial charge in [0.2, 0.25) is 0 Å². The van der Waals surface area contributed by atoms with E-state index in [0.717, 1.165) is 39.8 Å². The highest BCUT2D eigenvalue weighted by molar-refractivity contribution is 7.17. The van der Waals surface area contributed by atoms with E-state index in [1.807, 2.05) is 17.8 Å². The second kappa shape index (κ2) is 9.63. The Morgan fingerprint density at radius 3 is 2.97 bits per heavy atom. The smallest absolute Gasteiger partial charge is 0.125 e. The normalized spacial score (nSPS) is 16.8. The number of anilines is 2. The number of nitrogens with zero attached hydrogens (tertiary/aromatic N) is 3. The maximum atomic E-state index is 5.03. The van der Waals surface area contributed by atoms with Gasteiger partial charge in [0.05, 0.1) is 21.4 Å². The van der Waals surface area contributed by atoms with Gasteiger partial charge in [0, 0.05) is 37.0 Å². The van der Waals surface area contributed by atoms with Crippen molar-refractivity contribution in [2.45, 2.75) is 25.3 Å². The first-order chi connectivity index (χ1) is 14.2. The molecule has 1 atom stereocenters. The van der Waals surface area contributed by atoms with E-state index in [4.69, 9.17) is 4.74 Å². The molecule has 5 rings (SSSR count). The van der Waals surface area contributed by atoms with Crippen LogP contribution in [0.2, 0.25) is 0 Å². The molecule has 1 aliphatic heterocycles. The van der Waals surface area contributed by atoms with Crippen molar-refractivity contribution >= 4 is 54.5 Å². The number of methoxy groups -OCH3 is 1. The molecule has 29 heavy (non-hydrogen) atoms. The van der Waals surface area contributed by atoms with Crippen LogP contribution in [0.1, 0.15) is 19.3 Å². The fourth-order valence-corrected chi connectivity index (χ4v) is 5.09. The monoisotopic (exact) mass is 426 g/mol. The van der Waals surface area contributed by atoms with E-state index in [9.17, 15) is 0 Å². The Morgan fingerprint density at radius 1 is 1.21 bits per heavy atom. The molecular formula is C22H26N4OS2. The standard InChI is InChI=1S/C14H9N3S2.C8H17NO/c1-2-13-12(16-8-19-13)7-9(1)17-11-3-5-15-14-10(11)4-6-18-14;1-9-6-3-4-8(9)5-7-10-2/h1-8H,(H,15,17);8H,3-7H2,1-2H3. The molecule has 152 valence electrons. The predicted octanol–water partition coefficient (Wildman–Crippen LogP) is 5.77. The Bertz CT molecular complexity index is 1060. The van der Waals surface area contributed by atoms with Crippen LogP contribution >= 0.6 is 22.7 Å². The molecule has 1 aromatic carbocycles. The first kappa shape index (κ1) is 20.2. The van der Waals surface area contributed by atoms with E-state index >= 15 is 0 Å². The van der Waals surface area contributed by atoms with Crippen LogP contribution in [0, 0.1) is 0 Å². The summed E-state index contributed by atoms with van der Waals surface area (Å²) in [5, 5.41) is 6.67. The number of aromatic nitrogens is 2. The minimum atomic E-state index is 0.792. The Morgan fingerprint density at radius 2 is 2.14 bits per heavy atom. The molecule has 0 radical (unpaired) electrons. The van der Waals surface area contributed by atoms with Gasteiger partial charge >= 0.3 is 0 Å². The molecule has 0 spiro atoms. The summed E-state index contributed by atoms with van der Waals surface area (Å²) in [5.41, 5.74) is 5.04. The third-order valence-electron chi connectivity index (χ3n) is 5.30. The van der Waals surface area contributed by atoms with Gasteiger partial charge in [0.15, 0.2) is 0 Å². The number of ether oxygens (including phenoxy) is 1. The maximum absolute atomic E-state index is 5.03. The van der Waals surface area contributed by atoms with Crippen molar-refractivity contribution in [2.75, 3.05) is 32.6 Å². The number of nitrogens with one attached hydrogen (secondary N) is 1. The number of hydrogen-bond donors (Lipinski definition) is 1. The molecule has 5 nitrogen and oxygen atoms in total. The van der Waals surface area contributed by atoms with Crippen molar-refractivity contribution in [1.82, 2.24) is 14.9 Å². The van der Waals surface area contributed by atoms with Gasteiger partial charge in [-0.15, -0.1) is 22.7 Å². The van der Waals surface area contributed by atoms with Gasteiger partial charge in [-0.1, -0.05) is 0 Å². The summed E-state index contributed by atoms with van der Waals surface area (Å²) in [6, 6.07) is 11.1. The molecule has 0 aliphatic carbocycles. The lowest BCUT2D eigenvalue weighted by atomic mass is 10.2. The van der Waals surface area contributed by atoms with Crippen LogP contribution < -0.4 is 5.32 Å². The molecule has 0 bridgehead atoms. The highest BCUT2D eigenvalue weighted by Crippen LogP contribution is 2.29. The molecule has 7 heteroatoms. The average Bonchev–Trinajstić information content (AvgIpc) is 3.47. The van der Waals surface area contributed by atoms with Gasteiger partial charge in [0.25, 0.3) is 0 Å². The summed E-state index contributed by atoms with van der Waals surface area (Å²) >= 11 is 3.31. The Labute approximate surface area is 179 Å². The van der Waals surface area contributed by atoms with E-state index in [1.165, 1.54) is 30.5 Å². The molecular weight excluding hydrogens is 400 g/mol. The zero-order valence-electron chi connectivity index (χ0n) is 16.8. The first-order valence-electron chi connectivity index (χ1n) is 9.86. The quantitative estimate of drug-likeness (QED) is 0.439.